The van der Waals surface area contributed by atoms with Gasteiger partial charge in [-0.3, -0.25) is 14.2 Å². The summed E-state index contributed by atoms with van der Waals surface area (Å²) < 4.78 is 19.0. The van der Waals surface area contributed by atoms with Gasteiger partial charge >= 0.3 is 0 Å². The molecule has 1 fully saturated rings. The van der Waals surface area contributed by atoms with Crippen molar-refractivity contribution in [1.29, 1.82) is 0 Å². The predicted molar refractivity (Wildman–Crippen MR) is 132 cm³/mol. The van der Waals surface area contributed by atoms with E-state index in [1.165, 1.54) is 6.42 Å². The molecule has 1 saturated carbocycles. The van der Waals surface area contributed by atoms with E-state index in [4.69, 9.17) is 19.3 Å². The lowest BCUT2D eigenvalue weighted by Crippen LogP contribution is -2.41. The van der Waals surface area contributed by atoms with Gasteiger partial charge in [-0.2, -0.15) is 0 Å². The van der Waals surface area contributed by atoms with Crippen LogP contribution in [0.25, 0.3) is 10.9 Å². The number of aromatic nitrogens is 1. The van der Waals surface area contributed by atoms with Crippen LogP contribution in [0.3, 0.4) is 0 Å². The van der Waals surface area contributed by atoms with E-state index >= 15 is 0 Å². The number of carbonyl (C=O) groups excluding carboxylic acids is 2. The quantitative estimate of drug-likeness (QED) is 0.544. The third-order valence-corrected chi connectivity index (χ3v) is 6.96. The van der Waals surface area contributed by atoms with E-state index in [1.54, 1.807) is 11.5 Å². The van der Waals surface area contributed by atoms with Crippen LogP contribution in [-0.2, 0) is 19.0 Å². The van der Waals surface area contributed by atoms with Gasteiger partial charge in [0.15, 0.2) is 5.76 Å². The number of ether oxygens (including phenoxy) is 3. The maximum Gasteiger partial charge on any atom is 0.288 e. The molecule has 35 heavy (non-hydrogen) atoms. The highest BCUT2D eigenvalue weighted by atomic mass is 16.7. The Hall–Kier alpha value is -2.68. The SMILES string of the molecule is CC(=O)n1cc([C@@H]2C=C(C(=O)N(C)C3CCCCC3)O[C@H](OCCOCCO)C2)c2ccccc21. The van der Waals surface area contributed by atoms with Gasteiger partial charge in [0.2, 0.25) is 12.2 Å². The van der Waals surface area contributed by atoms with Crippen molar-refractivity contribution in [2.75, 3.05) is 33.5 Å². The molecule has 2 aliphatic rings. The fraction of sp³-hybridized carbons (Fsp3) is 0.556. The van der Waals surface area contributed by atoms with Gasteiger partial charge in [-0.25, -0.2) is 0 Å². The number of carbonyl (C=O) groups is 2. The van der Waals surface area contributed by atoms with Crippen molar-refractivity contribution >= 4 is 22.7 Å². The fourth-order valence-electron chi connectivity index (χ4n) is 5.10. The van der Waals surface area contributed by atoms with Gasteiger partial charge in [-0.15, -0.1) is 0 Å². The average molecular weight is 485 g/mol. The van der Waals surface area contributed by atoms with Crippen LogP contribution in [0.15, 0.2) is 42.3 Å². The van der Waals surface area contributed by atoms with Crippen molar-refractivity contribution in [3.05, 3.63) is 47.9 Å². The van der Waals surface area contributed by atoms with Gasteiger partial charge in [0.25, 0.3) is 5.91 Å². The molecule has 2 atom stereocenters. The van der Waals surface area contributed by atoms with Crippen LogP contribution in [0.2, 0.25) is 0 Å². The molecular formula is C27H36N2O6. The standard InChI is InChI=1S/C27H36N2O6/c1-19(31)29-18-23(22-10-6-7-11-24(22)29)20-16-25(27(32)28(2)21-8-4-3-5-9-21)35-26(17-20)34-15-14-33-13-12-30/h6-7,10-11,16,18,20-21,26,30H,3-5,8-9,12-15,17H2,1-2H3/t20-,26+/m1/s1. The third kappa shape index (κ3) is 5.94. The van der Waals surface area contributed by atoms with Crippen LogP contribution in [0, 0.1) is 0 Å². The first kappa shape index (κ1) is 25.4. The maximum absolute atomic E-state index is 13.5. The van der Waals surface area contributed by atoms with E-state index in [0.717, 1.165) is 42.1 Å². The second-order valence-corrected chi connectivity index (χ2v) is 9.33. The van der Waals surface area contributed by atoms with E-state index in [2.05, 4.69) is 0 Å². The predicted octanol–water partition coefficient (Wildman–Crippen LogP) is 3.83. The number of amides is 1. The first-order valence-corrected chi connectivity index (χ1v) is 12.6. The molecule has 0 saturated heterocycles. The van der Waals surface area contributed by atoms with Crippen LogP contribution in [-0.4, -0.2) is 72.2 Å². The third-order valence-electron chi connectivity index (χ3n) is 6.96. The average Bonchev–Trinajstić information content (AvgIpc) is 3.28. The van der Waals surface area contributed by atoms with Crippen molar-refractivity contribution in [2.24, 2.45) is 0 Å². The highest BCUT2D eigenvalue weighted by molar-refractivity contribution is 5.95. The van der Waals surface area contributed by atoms with Gasteiger partial charge in [-0.05, 0) is 30.5 Å². The number of rotatable bonds is 9. The van der Waals surface area contributed by atoms with Crippen LogP contribution < -0.4 is 0 Å². The van der Waals surface area contributed by atoms with Crippen LogP contribution in [0.1, 0.15) is 61.7 Å². The summed E-state index contributed by atoms with van der Waals surface area (Å²) in [5.41, 5.74) is 1.81. The highest BCUT2D eigenvalue weighted by Gasteiger charge is 2.33. The molecule has 2 heterocycles. The van der Waals surface area contributed by atoms with Gasteiger partial charge in [0, 0.05) is 43.9 Å². The topological polar surface area (TPSA) is 90.2 Å². The van der Waals surface area contributed by atoms with Gasteiger partial charge in [-0.1, -0.05) is 37.5 Å². The molecule has 8 nitrogen and oxygen atoms in total. The summed E-state index contributed by atoms with van der Waals surface area (Å²) in [5, 5.41) is 9.87. The lowest BCUT2D eigenvalue weighted by atomic mass is 9.91. The molecule has 1 aliphatic heterocycles. The largest absolute Gasteiger partial charge is 0.459 e. The first-order valence-electron chi connectivity index (χ1n) is 12.6. The summed E-state index contributed by atoms with van der Waals surface area (Å²) in [6.07, 6.45) is 9.14. The van der Waals surface area contributed by atoms with Crippen molar-refractivity contribution in [3.63, 3.8) is 0 Å². The Kier molecular flexibility index (Phi) is 8.59. The maximum atomic E-state index is 13.5. The molecule has 1 N–H and O–H groups in total. The lowest BCUT2D eigenvalue weighted by Gasteiger charge is -2.34. The van der Waals surface area contributed by atoms with Crippen LogP contribution in [0.4, 0.5) is 0 Å². The second kappa shape index (κ2) is 11.8. The molecule has 1 amide bonds. The highest BCUT2D eigenvalue weighted by Crippen LogP contribution is 2.37. The fourth-order valence-corrected chi connectivity index (χ4v) is 5.10. The summed E-state index contributed by atoms with van der Waals surface area (Å²) in [4.78, 5) is 27.6. The monoisotopic (exact) mass is 484 g/mol. The van der Waals surface area contributed by atoms with E-state index in [9.17, 15) is 9.59 Å². The van der Waals surface area contributed by atoms with Crippen LogP contribution >= 0.6 is 0 Å². The summed E-state index contributed by atoms with van der Waals surface area (Å²) in [7, 11) is 1.85. The molecule has 0 spiro atoms. The van der Waals surface area contributed by atoms with Gasteiger partial charge < -0.3 is 24.2 Å². The number of aliphatic hydroxyl groups excluding tert-OH is 1. The van der Waals surface area contributed by atoms with E-state index in [-0.39, 0.29) is 49.4 Å². The van der Waals surface area contributed by atoms with Gasteiger partial charge in [0.05, 0.1) is 31.9 Å². The Morgan fingerprint density at radius 1 is 1.14 bits per heavy atom. The molecular weight excluding hydrogens is 448 g/mol. The Balaban J connectivity index is 1.61. The Bertz CT molecular complexity index is 1060. The number of aliphatic hydroxyl groups is 1. The normalized spacial score (nSPS) is 20.9. The van der Waals surface area contributed by atoms with Crippen LogP contribution in [0.5, 0.6) is 0 Å². The summed E-state index contributed by atoms with van der Waals surface area (Å²) in [5.74, 6) is -0.0701. The molecule has 1 aliphatic carbocycles. The molecule has 1 aromatic heterocycles. The molecule has 190 valence electrons. The molecule has 0 radical (unpaired) electrons. The Labute approximate surface area is 206 Å². The minimum Gasteiger partial charge on any atom is -0.459 e. The zero-order valence-electron chi connectivity index (χ0n) is 20.7. The lowest BCUT2D eigenvalue weighted by molar-refractivity contribution is -0.157. The van der Waals surface area contributed by atoms with Gasteiger partial charge in [0.1, 0.15) is 0 Å². The number of hydrogen-bond acceptors (Lipinski definition) is 6. The molecule has 0 unspecified atom stereocenters. The number of benzene rings is 1. The number of hydrogen-bond donors (Lipinski definition) is 1. The number of allylic oxidation sites excluding steroid dienone is 1. The van der Waals surface area contributed by atoms with Crippen molar-refractivity contribution in [2.45, 2.75) is 63.7 Å². The van der Waals surface area contributed by atoms with E-state index < -0.39 is 6.29 Å². The molecule has 8 heteroatoms. The summed E-state index contributed by atoms with van der Waals surface area (Å²) in [6.45, 7) is 2.35. The van der Waals surface area contributed by atoms with E-state index in [0.29, 0.717) is 13.0 Å². The molecule has 1 aromatic carbocycles. The first-order chi connectivity index (χ1) is 17.0. The smallest absolute Gasteiger partial charge is 0.288 e. The molecule has 2 aromatic rings. The number of para-hydroxylation sites is 1. The number of likely N-dealkylation sites (N-methyl/N-ethyl adjacent to an activating group) is 1. The summed E-state index contributed by atoms with van der Waals surface area (Å²) in [6, 6.07) is 8.01. The minimum atomic E-state index is -0.624. The van der Waals surface area contributed by atoms with E-state index in [1.807, 2.05) is 48.5 Å². The number of nitrogens with zero attached hydrogens (tertiary/aromatic N) is 2. The Morgan fingerprint density at radius 3 is 2.66 bits per heavy atom. The number of fused-ring (bicyclic) bond motifs is 1. The zero-order valence-corrected chi connectivity index (χ0v) is 20.7. The molecule has 4 rings (SSSR count). The minimum absolute atomic E-state index is 0.0445. The van der Waals surface area contributed by atoms with Crippen molar-refractivity contribution in [1.82, 2.24) is 9.47 Å². The molecule has 0 bridgehead atoms. The van der Waals surface area contributed by atoms with Crippen molar-refractivity contribution in [3.8, 4) is 0 Å². The zero-order chi connectivity index (χ0) is 24.8. The second-order valence-electron chi connectivity index (χ2n) is 9.33. The Morgan fingerprint density at radius 2 is 1.91 bits per heavy atom. The van der Waals surface area contributed by atoms with Crippen molar-refractivity contribution < 1.29 is 28.9 Å². The summed E-state index contributed by atoms with van der Waals surface area (Å²) >= 11 is 0.